The highest BCUT2D eigenvalue weighted by atomic mass is 32.1. The lowest BCUT2D eigenvalue weighted by Gasteiger charge is -2.32. The number of thiophene rings is 1. The van der Waals surface area contributed by atoms with Crippen molar-refractivity contribution in [3.05, 3.63) is 28.7 Å². The fourth-order valence-corrected chi connectivity index (χ4v) is 4.60. The Balaban J connectivity index is 1.32. The number of hydrogen-bond donors (Lipinski definition) is 1. The van der Waals surface area contributed by atoms with Gasteiger partial charge in [0.1, 0.15) is 0 Å². The highest BCUT2D eigenvalue weighted by Gasteiger charge is 2.25. The SMILES string of the molecule is O=C(Nc1ccsc1)N1CCC[C@H](Cn2cc(C3CCCC3)nn2)C1. The molecular formula is C18H25N5OS. The van der Waals surface area contributed by atoms with Gasteiger partial charge in [-0.1, -0.05) is 18.1 Å². The van der Waals surface area contributed by atoms with Gasteiger partial charge in [-0.15, -0.1) is 5.10 Å². The van der Waals surface area contributed by atoms with Gasteiger partial charge >= 0.3 is 6.03 Å². The monoisotopic (exact) mass is 359 g/mol. The average Bonchev–Trinajstić information content (AvgIpc) is 3.37. The fraction of sp³-hybridized carbons (Fsp3) is 0.611. The Morgan fingerprint density at radius 2 is 2.16 bits per heavy atom. The molecule has 2 amide bonds. The van der Waals surface area contributed by atoms with E-state index < -0.39 is 0 Å². The normalized spacial score (nSPS) is 21.6. The number of aromatic nitrogens is 3. The van der Waals surface area contributed by atoms with Gasteiger partial charge in [0.2, 0.25) is 0 Å². The van der Waals surface area contributed by atoms with E-state index in [2.05, 4.69) is 21.8 Å². The molecule has 0 radical (unpaired) electrons. The molecule has 1 saturated heterocycles. The molecule has 2 aromatic heterocycles. The molecule has 4 rings (SSSR count). The molecule has 0 spiro atoms. The quantitative estimate of drug-likeness (QED) is 0.899. The molecule has 1 aliphatic heterocycles. The fourth-order valence-electron chi connectivity index (χ4n) is 4.01. The first-order valence-electron chi connectivity index (χ1n) is 9.26. The number of carbonyl (C=O) groups is 1. The Morgan fingerprint density at radius 3 is 2.96 bits per heavy atom. The number of anilines is 1. The highest BCUT2D eigenvalue weighted by Crippen LogP contribution is 2.32. The second-order valence-electron chi connectivity index (χ2n) is 7.24. The molecule has 7 heteroatoms. The molecule has 2 fully saturated rings. The lowest BCUT2D eigenvalue weighted by molar-refractivity contribution is 0.168. The summed E-state index contributed by atoms with van der Waals surface area (Å²) in [6.45, 7) is 2.47. The van der Waals surface area contributed by atoms with E-state index in [1.54, 1.807) is 11.3 Å². The number of nitrogens with zero attached hydrogens (tertiary/aromatic N) is 4. The molecule has 0 bridgehead atoms. The summed E-state index contributed by atoms with van der Waals surface area (Å²) in [4.78, 5) is 14.4. The predicted octanol–water partition coefficient (Wildman–Crippen LogP) is 3.94. The lowest BCUT2D eigenvalue weighted by atomic mass is 9.98. The zero-order valence-electron chi connectivity index (χ0n) is 14.4. The molecule has 1 atom stereocenters. The van der Waals surface area contributed by atoms with Gasteiger partial charge in [-0.25, -0.2) is 4.79 Å². The number of piperidine rings is 1. The van der Waals surface area contributed by atoms with Crippen LogP contribution in [-0.2, 0) is 6.54 Å². The smallest absolute Gasteiger partial charge is 0.321 e. The maximum atomic E-state index is 12.4. The molecule has 6 nitrogen and oxygen atoms in total. The standard InChI is InChI=1S/C18H25N5OS/c24-18(19-16-7-9-25-13-16)22-8-3-4-14(10-22)11-23-12-17(20-21-23)15-5-1-2-6-15/h7,9,12-15H,1-6,8,10-11H2,(H,19,24)/t14-/m0/s1. The summed E-state index contributed by atoms with van der Waals surface area (Å²) in [7, 11) is 0. The number of rotatable bonds is 4. The van der Waals surface area contributed by atoms with Crippen LogP contribution < -0.4 is 5.32 Å². The van der Waals surface area contributed by atoms with E-state index in [1.807, 2.05) is 26.4 Å². The third-order valence-electron chi connectivity index (χ3n) is 5.35. The first-order valence-corrected chi connectivity index (χ1v) is 10.2. The summed E-state index contributed by atoms with van der Waals surface area (Å²) in [5, 5.41) is 15.6. The number of hydrogen-bond acceptors (Lipinski definition) is 4. The van der Waals surface area contributed by atoms with Crippen molar-refractivity contribution in [3.63, 3.8) is 0 Å². The van der Waals surface area contributed by atoms with E-state index in [9.17, 15) is 4.79 Å². The summed E-state index contributed by atoms with van der Waals surface area (Å²) in [6, 6.07) is 1.94. The Bertz CT molecular complexity index is 692. The molecule has 2 aromatic rings. The summed E-state index contributed by atoms with van der Waals surface area (Å²) >= 11 is 1.59. The average molecular weight is 359 g/mol. The molecular weight excluding hydrogens is 334 g/mol. The van der Waals surface area contributed by atoms with Crippen LogP contribution in [0.3, 0.4) is 0 Å². The highest BCUT2D eigenvalue weighted by molar-refractivity contribution is 7.08. The van der Waals surface area contributed by atoms with Gasteiger partial charge in [-0.2, -0.15) is 11.3 Å². The summed E-state index contributed by atoms with van der Waals surface area (Å²) in [5.74, 6) is 1.05. The second-order valence-corrected chi connectivity index (χ2v) is 8.02. The van der Waals surface area contributed by atoms with E-state index >= 15 is 0 Å². The number of nitrogens with one attached hydrogen (secondary N) is 1. The first kappa shape index (κ1) is 16.6. The lowest BCUT2D eigenvalue weighted by Crippen LogP contribution is -2.43. The topological polar surface area (TPSA) is 63.1 Å². The Hall–Kier alpha value is -1.89. The van der Waals surface area contributed by atoms with Crippen molar-refractivity contribution >= 4 is 23.1 Å². The summed E-state index contributed by atoms with van der Waals surface area (Å²) in [6.07, 6.45) is 9.44. The van der Waals surface area contributed by atoms with Crippen LogP contribution in [0.4, 0.5) is 10.5 Å². The predicted molar refractivity (Wildman–Crippen MR) is 98.9 cm³/mol. The van der Waals surface area contributed by atoms with Crippen LogP contribution in [0.1, 0.15) is 50.1 Å². The van der Waals surface area contributed by atoms with Gasteiger partial charge in [-0.05, 0) is 43.0 Å². The van der Waals surface area contributed by atoms with E-state index in [0.29, 0.717) is 11.8 Å². The first-order chi connectivity index (χ1) is 12.3. The van der Waals surface area contributed by atoms with Crippen LogP contribution in [0.2, 0.25) is 0 Å². The van der Waals surface area contributed by atoms with Gasteiger partial charge in [0.05, 0.1) is 11.4 Å². The van der Waals surface area contributed by atoms with Gasteiger partial charge in [0.15, 0.2) is 0 Å². The number of carbonyl (C=O) groups excluding carboxylic acids is 1. The largest absolute Gasteiger partial charge is 0.324 e. The minimum atomic E-state index is 0.00772. The molecule has 3 heterocycles. The van der Waals surface area contributed by atoms with Crippen LogP contribution in [-0.4, -0.2) is 39.0 Å². The van der Waals surface area contributed by atoms with Crippen LogP contribution in [0.15, 0.2) is 23.0 Å². The number of likely N-dealkylation sites (tertiary alicyclic amines) is 1. The number of urea groups is 1. The van der Waals surface area contributed by atoms with Crippen LogP contribution in [0, 0.1) is 5.92 Å². The van der Waals surface area contributed by atoms with E-state index in [4.69, 9.17) is 0 Å². The van der Waals surface area contributed by atoms with Crippen molar-refractivity contribution in [2.45, 2.75) is 51.0 Å². The molecule has 1 saturated carbocycles. The maximum absolute atomic E-state index is 12.4. The Morgan fingerprint density at radius 1 is 1.28 bits per heavy atom. The summed E-state index contributed by atoms with van der Waals surface area (Å²) < 4.78 is 1.98. The zero-order chi connectivity index (χ0) is 17.1. The van der Waals surface area contributed by atoms with E-state index in [0.717, 1.165) is 43.9 Å². The van der Waals surface area contributed by atoms with Crippen molar-refractivity contribution in [2.24, 2.45) is 5.92 Å². The van der Waals surface area contributed by atoms with Gasteiger partial charge in [-0.3, -0.25) is 4.68 Å². The minimum absolute atomic E-state index is 0.00772. The molecule has 134 valence electrons. The van der Waals surface area contributed by atoms with E-state index in [-0.39, 0.29) is 6.03 Å². The third-order valence-corrected chi connectivity index (χ3v) is 6.04. The van der Waals surface area contributed by atoms with Gasteiger partial charge in [0.25, 0.3) is 0 Å². The third kappa shape index (κ3) is 4.03. The van der Waals surface area contributed by atoms with Crippen molar-refractivity contribution < 1.29 is 4.79 Å². The molecule has 25 heavy (non-hydrogen) atoms. The minimum Gasteiger partial charge on any atom is -0.324 e. The zero-order valence-corrected chi connectivity index (χ0v) is 15.2. The molecule has 2 aliphatic rings. The van der Waals surface area contributed by atoms with Crippen LogP contribution >= 0.6 is 11.3 Å². The molecule has 0 aromatic carbocycles. The second kappa shape index (κ2) is 7.56. The van der Waals surface area contributed by atoms with E-state index in [1.165, 1.54) is 25.7 Å². The Labute approximate surface area is 152 Å². The van der Waals surface area contributed by atoms with Crippen molar-refractivity contribution in [2.75, 3.05) is 18.4 Å². The van der Waals surface area contributed by atoms with Gasteiger partial charge < -0.3 is 10.2 Å². The van der Waals surface area contributed by atoms with Crippen molar-refractivity contribution in [1.29, 1.82) is 0 Å². The van der Waals surface area contributed by atoms with Crippen LogP contribution in [0.5, 0.6) is 0 Å². The van der Waals surface area contributed by atoms with Crippen molar-refractivity contribution in [3.8, 4) is 0 Å². The molecule has 1 N–H and O–H groups in total. The number of amides is 2. The molecule has 1 aliphatic carbocycles. The van der Waals surface area contributed by atoms with Gasteiger partial charge in [0, 0.05) is 37.1 Å². The maximum Gasteiger partial charge on any atom is 0.321 e. The van der Waals surface area contributed by atoms with Crippen molar-refractivity contribution in [1.82, 2.24) is 19.9 Å². The molecule has 0 unspecified atom stereocenters. The Kier molecular flexibility index (Phi) is 5.01. The van der Waals surface area contributed by atoms with Crippen LogP contribution in [0.25, 0.3) is 0 Å². The summed E-state index contributed by atoms with van der Waals surface area (Å²) in [5.41, 5.74) is 2.04.